The summed E-state index contributed by atoms with van der Waals surface area (Å²) in [6.45, 7) is 4.56. The molecule has 1 atom stereocenters. The molecule has 1 saturated heterocycles. The van der Waals surface area contributed by atoms with Crippen molar-refractivity contribution in [2.45, 2.75) is 38.6 Å². The number of ether oxygens (including phenoxy) is 2. The second kappa shape index (κ2) is 9.40. The maximum Gasteiger partial charge on any atom is 0.248 e. The van der Waals surface area contributed by atoms with E-state index in [0.29, 0.717) is 6.61 Å². The molecule has 2 rings (SSSR count). The molecule has 128 valence electrons. The van der Waals surface area contributed by atoms with Crippen molar-refractivity contribution in [2.75, 3.05) is 38.7 Å². The van der Waals surface area contributed by atoms with Crippen LogP contribution >= 0.6 is 0 Å². The number of hydrogen-bond acceptors (Lipinski definition) is 4. The molecule has 1 aromatic carbocycles. The van der Waals surface area contributed by atoms with Gasteiger partial charge in [-0.2, -0.15) is 0 Å². The number of carbonyl (C=O) groups is 1. The predicted molar refractivity (Wildman–Crippen MR) is 91.9 cm³/mol. The van der Waals surface area contributed by atoms with Crippen molar-refractivity contribution < 1.29 is 14.3 Å². The van der Waals surface area contributed by atoms with Gasteiger partial charge in [0.15, 0.2) is 0 Å². The molecule has 0 unspecified atom stereocenters. The molecule has 1 aliphatic rings. The van der Waals surface area contributed by atoms with Crippen LogP contribution in [0.4, 0.5) is 5.69 Å². The molecule has 5 nitrogen and oxygen atoms in total. The first-order valence-electron chi connectivity index (χ1n) is 8.49. The van der Waals surface area contributed by atoms with Gasteiger partial charge in [0.1, 0.15) is 12.4 Å². The fraction of sp³-hybridized carbons (Fsp3) is 0.611. The van der Waals surface area contributed by atoms with Crippen LogP contribution in [0.3, 0.4) is 0 Å². The Morgan fingerprint density at radius 2 is 2.13 bits per heavy atom. The van der Waals surface area contributed by atoms with E-state index in [1.54, 1.807) is 7.11 Å². The molecule has 1 aromatic rings. The first kappa shape index (κ1) is 17.6. The Hall–Kier alpha value is -1.75. The molecule has 1 fully saturated rings. The van der Waals surface area contributed by atoms with Crippen molar-refractivity contribution in [3.05, 3.63) is 24.3 Å². The van der Waals surface area contributed by atoms with E-state index in [0.717, 1.165) is 50.2 Å². The monoisotopic (exact) mass is 320 g/mol. The third kappa shape index (κ3) is 5.75. The molecule has 0 aliphatic carbocycles. The molecule has 5 heteroatoms. The van der Waals surface area contributed by atoms with E-state index in [-0.39, 0.29) is 18.6 Å². The number of rotatable bonds is 8. The summed E-state index contributed by atoms with van der Waals surface area (Å²) in [6, 6.07) is 8.18. The zero-order valence-corrected chi connectivity index (χ0v) is 14.2. The second-order valence-corrected chi connectivity index (χ2v) is 5.96. The summed E-state index contributed by atoms with van der Waals surface area (Å²) in [5, 5.41) is 3.50. The number of nitrogens with one attached hydrogen (secondary N) is 1. The minimum absolute atomic E-state index is 0.0994. The van der Waals surface area contributed by atoms with Gasteiger partial charge in [-0.3, -0.25) is 4.79 Å². The average molecular weight is 320 g/mol. The van der Waals surface area contributed by atoms with E-state index >= 15 is 0 Å². The van der Waals surface area contributed by atoms with Crippen LogP contribution in [-0.2, 0) is 9.53 Å². The van der Waals surface area contributed by atoms with Crippen molar-refractivity contribution in [3.8, 4) is 5.75 Å². The third-order valence-electron chi connectivity index (χ3n) is 4.10. The van der Waals surface area contributed by atoms with E-state index in [2.05, 4.69) is 12.2 Å². The van der Waals surface area contributed by atoms with Crippen LogP contribution in [-0.4, -0.2) is 50.3 Å². The summed E-state index contributed by atoms with van der Waals surface area (Å²) >= 11 is 0. The molecular formula is C18H28N2O3. The van der Waals surface area contributed by atoms with Crippen LogP contribution < -0.4 is 10.1 Å². The summed E-state index contributed by atoms with van der Waals surface area (Å²) in [4.78, 5) is 14.1. The number of anilines is 1. The number of likely N-dealkylation sites (tertiary alicyclic amines) is 1. The topological polar surface area (TPSA) is 50.8 Å². The van der Waals surface area contributed by atoms with Crippen LogP contribution in [0, 0.1) is 0 Å². The Balaban J connectivity index is 1.79. The lowest BCUT2D eigenvalue weighted by molar-refractivity contribution is -0.137. The van der Waals surface area contributed by atoms with Gasteiger partial charge in [-0.25, -0.2) is 0 Å². The molecule has 0 bridgehead atoms. The molecule has 0 radical (unpaired) electrons. The molecule has 1 N–H and O–H groups in total. The highest BCUT2D eigenvalue weighted by molar-refractivity contribution is 5.77. The van der Waals surface area contributed by atoms with E-state index in [1.807, 2.05) is 29.2 Å². The molecular weight excluding hydrogens is 292 g/mol. The summed E-state index contributed by atoms with van der Waals surface area (Å²) in [5.41, 5.74) is 1.06. The van der Waals surface area contributed by atoms with Crippen LogP contribution in [0.1, 0.15) is 32.6 Å². The molecule has 23 heavy (non-hydrogen) atoms. The van der Waals surface area contributed by atoms with Gasteiger partial charge in [-0.15, -0.1) is 0 Å². The minimum atomic E-state index is 0.0994. The van der Waals surface area contributed by atoms with Gasteiger partial charge in [0.25, 0.3) is 0 Å². The van der Waals surface area contributed by atoms with Gasteiger partial charge in [-0.1, -0.05) is 13.3 Å². The Bertz CT molecular complexity index is 476. The first-order valence-corrected chi connectivity index (χ1v) is 8.49. The van der Waals surface area contributed by atoms with Crippen molar-refractivity contribution >= 4 is 11.6 Å². The van der Waals surface area contributed by atoms with E-state index in [9.17, 15) is 4.79 Å². The fourth-order valence-corrected chi connectivity index (χ4v) is 2.74. The van der Waals surface area contributed by atoms with Gasteiger partial charge in [-0.05, 0) is 43.5 Å². The largest absolute Gasteiger partial charge is 0.497 e. The lowest BCUT2D eigenvalue weighted by atomic mass is 10.1. The van der Waals surface area contributed by atoms with Crippen LogP contribution in [0.2, 0.25) is 0 Å². The van der Waals surface area contributed by atoms with E-state index < -0.39 is 0 Å². The Kier molecular flexibility index (Phi) is 7.20. The van der Waals surface area contributed by atoms with Gasteiger partial charge in [0, 0.05) is 31.4 Å². The van der Waals surface area contributed by atoms with E-state index in [4.69, 9.17) is 9.47 Å². The minimum Gasteiger partial charge on any atom is -0.497 e. The number of benzene rings is 1. The number of methoxy groups -OCH3 is 1. The second-order valence-electron chi connectivity index (χ2n) is 5.96. The Morgan fingerprint density at radius 3 is 2.83 bits per heavy atom. The number of carbonyl (C=O) groups excluding carboxylic acids is 1. The summed E-state index contributed by atoms with van der Waals surface area (Å²) in [5.74, 6) is 0.947. The normalized spacial score (nSPS) is 17.8. The molecule has 0 spiro atoms. The highest BCUT2D eigenvalue weighted by atomic mass is 16.5. The van der Waals surface area contributed by atoms with Gasteiger partial charge in [0.05, 0.1) is 7.11 Å². The Labute approximate surface area is 139 Å². The molecule has 1 aliphatic heterocycles. The molecule has 1 amide bonds. The fourth-order valence-electron chi connectivity index (χ4n) is 2.74. The van der Waals surface area contributed by atoms with Crippen LogP contribution in [0.15, 0.2) is 24.3 Å². The SMILES string of the molecule is CCCCOCC(=O)N1CCC[C@H](Nc2ccc(OC)cc2)C1. The van der Waals surface area contributed by atoms with Gasteiger partial charge >= 0.3 is 0 Å². The quantitative estimate of drug-likeness (QED) is 0.748. The van der Waals surface area contributed by atoms with Crippen molar-refractivity contribution in [1.82, 2.24) is 4.90 Å². The summed E-state index contributed by atoms with van der Waals surface area (Å²) in [6.07, 6.45) is 4.20. The van der Waals surface area contributed by atoms with Crippen molar-refractivity contribution in [1.29, 1.82) is 0 Å². The van der Waals surface area contributed by atoms with Gasteiger partial charge in [0.2, 0.25) is 5.91 Å². The molecule has 0 aromatic heterocycles. The van der Waals surface area contributed by atoms with Crippen LogP contribution in [0.25, 0.3) is 0 Å². The highest BCUT2D eigenvalue weighted by Gasteiger charge is 2.23. The van der Waals surface area contributed by atoms with E-state index in [1.165, 1.54) is 0 Å². The Morgan fingerprint density at radius 1 is 1.35 bits per heavy atom. The smallest absolute Gasteiger partial charge is 0.248 e. The summed E-state index contributed by atoms with van der Waals surface area (Å²) < 4.78 is 10.6. The molecule has 0 saturated carbocycles. The zero-order valence-electron chi connectivity index (χ0n) is 14.2. The highest BCUT2D eigenvalue weighted by Crippen LogP contribution is 2.19. The number of unbranched alkanes of at least 4 members (excludes halogenated alkanes) is 1. The number of nitrogens with zero attached hydrogens (tertiary/aromatic N) is 1. The predicted octanol–water partition coefficient (Wildman–Crippen LogP) is 2.91. The first-order chi connectivity index (χ1) is 11.2. The number of hydrogen-bond donors (Lipinski definition) is 1. The number of piperidine rings is 1. The van der Waals surface area contributed by atoms with Crippen LogP contribution in [0.5, 0.6) is 5.75 Å². The maximum atomic E-state index is 12.2. The van der Waals surface area contributed by atoms with Gasteiger partial charge < -0.3 is 19.7 Å². The van der Waals surface area contributed by atoms with Crippen molar-refractivity contribution in [3.63, 3.8) is 0 Å². The maximum absolute atomic E-state index is 12.2. The molecule has 1 heterocycles. The lowest BCUT2D eigenvalue weighted by Crippen LogP contribution is -2.46. The summed E-state index contributed by atoms with van der Waals surface area (Å²) in [7, 11) is 1.66. The zero-order chi connectivity index (χ0) is 16.5. The number of amides is 1. The standard InChI is InChI=1S/C18H28N2O3/c1-3-4-12-23-14-18(21)20-11-5-6-16(13-20)19-15-7-9-17(22-2)10-8-15/h7-10,16,19H,3-6,11-14H2,1-2H3/t16-/m0/s1. The van der Waals surface area contributed by atoms with Crippen molar-refractivity contribution in [2.24, 2.45) is 0 Å². The third-order valence-corrected chi connectivity index (χ3v) is 4.10. The lowest BCUT2D eigenvalue weighted by Gasteiger charge is -2.33. The average Bonchev–Trinajstić information content (AvgIpc) is 2.59.